The molecular formula is C10H15NO. The molecule has 0 aromatic rings. The molecule has 1 heterocycles. The van der Waals surface area contributed by atoms with E-state index in [1.54, 1.807) is 11.8 Å². The molecule has 0 fully saturated rings. The van der Waals surface area contributed by atoms with Gasteiger partial charge in [0.25, 0.3) is 0 Å². The number of carbonyl (C=O) groups excluding carboxylic acids is 1. The topological polar surface area (TPSA) is 20.3 Å². The van der Waals surface area contributed by atoms with Crippen molar-refractivity contribution in [3.05, 3.63) is 24.4 Å². The zero-order chi connectivity index (χ0) is 9.14. The van der Waals surface area contributed by atoms with Crippen LogP contribution in [0.1, 0.15) is 26.7 Å². The van der Waals surface area contributed by atoms with Gasteiger partial charge >= 0.3 is 0 Å². The number of nitrogens with zero attached hydrogens (tertiary/aromatic N) is 1. The molecule has 2 heteroatoms. The molecule has 1 atom stereocenters. The summed E-state index contributed by atoms with van der Waals surface area (Å²) in [6.07, 6.45) is 5.80. The van der Waals surface area contributed by atoms with Crippen molar-refractivity contribution in [1.82, 2.24) is 4.90 Å². The summed E-state index contributed by atoms with van der Waals surface area (Å²) in [7, 11) is 0. The minimum Gasteiger partial charge on any atom is -0.316 e. The Balaban J connectivity index is 2.81. The number of allylic oxidation sites excluding steroid dienone is 2. The van der Waals surface area contributed by atoms with Crippen LogP contribution in [0.5, 0.6) is 0 Å². The summed E-state index contributed by atoms with van der Waals surface area (Å²) in [5.41, 5.74) is 1.16. The highest BCUT2D eigenvalue weighted by molar-refractivity contribution is 5.75. The average Bonchev–Trinajstić information content (AvgIpc) is 2.05. The second kappa shape index (κ2) is 3.57. The summed E-state index contributed by atoms with van der Waals surface area (Å²) in [6.45, 7) is 7.36. The predicted molar refractivity (Wildman–Crippen MR) is 49.5 cm³/mol. The van der Waals surface area contributed by atoms with Gasteiger partial charge in [0.2, 0.25) is 5.91 Å². The molecule has 0 aromatic carbocycles. The van der Waals surface area contributed by atoms with E-state index in [0.717, 1.165) is 18.4 Å². The lowest BCUT2D eigenvalue weighted by atomic mass is 10.0. The minimum atomic E-state index is 0.113. The van der Waals surface area contributed by atoms with Crippen LogP contribution in [0.2, 0.25) is 0 Å². The average molecular weight is 165 g/mol. The molecule has 0 saturated carbocycles. The number of amides is 1. The van der Waals surface area contributed by atoms with Crippen molar-refractivity contribution in [2.75, 3.05) is 0 Å². The van der Waals surface area contributed by atoms with Gasteiger partial charge in [0.05, 0.1) is 0 Å². The molecule has 2 nitrogen and oxygen atoms in total. The summed E-state index contributed by atoms with van der Waals surface area (Å²) in [5, 5.41) is 0. The third-order valence-corrected chi connectivity index (χ3v) is 2.26. The fraction of sp³-hybridized carbons (Fsp3) is 0.500. The molecule has 0 aliphatic carbocycles. The second-order valence-corrected chi connectivity index (χ2v) is 3.22. The lowest BCUT2D eigenvalue weighted by Crippen LogP contribution is -2.34. The summed E-state index contributed by atoms with van der Waals surface area (Å²) in [5.74, 6) is 0.113. The maximum Gasteiger partial charge on any atom is 0.223 e. The molecule has 0 saturated heterocycles. The minimum absolute atomic E-state index is 0.113. The first-order chi connectivity index (χ1) is 5.65. The highest BCUT2D eigenvalue weighted by atomic mass is 16.2. The van der Waals surface area contributed by atoms with E-state index in [2.05, 4.69) is 13.5 Å². The van der Waals surface area contributed by atoms with Crippen LogP contribution in [0.3, 0.4) is 0 Å². The molecule has 0 aromatic heterocycles. The zero-order valence-electron chi connectivity index (χ0n) is 7.71. The van der Waals surface area contributed by atoms with E-state index >= 15 is 0 Å². The van der Waals surface area contributed by atoms with Crippen molar-refractivity contribution in [3.63, 3.8) is 0 Å². The van der Waals surface area contributed by atoms with E-state index in [-0.39, 0.29) is 5.91 Å². The molecule has 12 heavy (non-hydrogen) atoms. The van der Waals surface area contributed by atoms with Crippen molar-refractivity contribution in [2.24, 2.45) is 0 Å². The van der Waals surface area contributed by atoms with E-state index in [4.69, 9.17) is 0 Å². The lowest BCUT2D eigenvalue weighted by Gasteiger charge is -2.29. The summed E-state index contributed by atoms with van der Waals surface area (Å²) in [4.78, 5) is 12.9. The van der Waals surface area contributed by atoms with Crippen LogP contribution in [0.4, 0.5) is 0 Å². The van der Waals surface area contributed by atoms with Gasteiger partial charge in [-0.05, 0) is 25.3 Å². The van der Waals surface area contributed by atoms with Crippen LogP contribution in [0, 0.1) is 0 Å². The fourth-order valence-corrected chi connectivity index (χ4v) is 1.44. The third kappa shape index (κ3) is 1.76. The number of hydrogen-bond acceptors (Lipinski definition) is 1. The number of rotatable bonds is 1. The molecule has 0 bridgehead atoms. The maximum atomic E-state index is 11.1. The Hall–Kier alpha value is -1.05. The summed E-state index contributed by atoms with van der Waals surface area (Å²) in [6, 6.07) is 0.339. The van der Waals surface area contributed by atoms with Gasteiger partial charge in [-0.1, -0.05) is 12.7 Å². The molecule has 1 aliphatic heterocycles. The fourth-order valence-electron chi connectivity index (χ4n) is 1.44. The van der Waals surface area contributed by atoms with Gasteiger partial charge in [-0.15, -0.1) is 0 Å². The quantitative estimate of drug-likeness (QED) is 0.582. The van der Waals surface area contributed by atoms with E-state index in [1.807, 2.05) is 12.3 Å². The molecule has 0 spiro atoms. The molecule has 0 radical (unpaired) electrons. The Labute approximate surface area is 73.6 Å². The van der Waals surface area contributed by atoms with Gasteiger partial charge in [-0.2, -0.15) is 0 Å². The largest absolute Gasteiger partial charge is 0.316 e. The SMILES string of the molecule is C=CC1=CN(C(C)=O)[C@H](C)CC1. The first kappa shape index (κ1) is 9.04. The monoisotopic (exact) mass is 165 g/mol. The van der Waals surface area contributed by atoms with Crippen molar-refractivity contribution < 1.29 is 4.79 Å². The lowest BCUT2D eigenvalue weighted by molar-refractivity contribution is -0.128. The van der Waals surface area contributed by atoms with Gasteiger partial charge < -0.3 is 4.90 Å². The third-order valence-electron chi connectivity index (χ3n) is 2.26. The van der Waals surface area contributed by atoms with Crippen LogP contribution in [0.15, 0.2) is 24.4 Å². The van der Waals surface area contributed by atoms with Crippen molar-refractivity contribution in [2.45, 2.75) is 32.7 Å². The van der Waals surface area contributed by atoms with E-state index in [9.17, 15) is 4.79 Å². The summed E-state index contributed by atoms with van der Waals surface area (Å²) >= 11 is 0. The van der Waals surface area contributed by atoms with Gasteiger partial charge in [-0.3, -0.25) is 4.79 Å². The maximum absolute atomic E-state index is 11.1. The predicted octanol–water partition coefficient (Wildman–Crippen LogP) is 2.09. The molecule has 0 unspecified atom stereocenters. The van der Waals surface area contributed by atoms with Gasteiger partial charge in [0.15, 0.2) is 0 Å². The van der Waals surface area contributed by atoms with E-state index < -0.39 is 0 Å². The van der Waals surface area contributed by atoms with Crippen molar-refractivity contribution in [1.29, 1.82) is 0 Å². The Bertz CT molecular complexity index is 230. The number of hydrogen-bond donors (Lipinski definition) is 0. The van der Waals surface area contributed by atoms with Crippen LogP contribution in [0.25, 0.3) is 0 Å². The van der Waals surface area contributed by atoms with Gasteiger partial charge in [-0.25, -0.2) is 0 Å². The van der Waals surface area contributed by atoms with Crippen LogP contribution in [-0.2, 0) is 4.79 Å². The van der Waals surface area contributed by atoms with Crippen LogP contribution < -0.4 is 0 Å². The van der Waals surface area contributed by atoms with E-state index in [1.165, 1.54) is 0 Å². The first-order valence-corrected chi connectivity index (χ1v) is 4.27. The standard InChI is InChI=1S/C10H15NO/c1-4-10-6-5-8(2)11(7-10)9(3)12/h4,7-8H,1,5-6H2,2-3H3/t8-/m1/s1. The smallest absolute Gasteiger partial charge is 0.223 e. The first-order valence-electron chi connectivity index (χ1n) is 4.27. The highest BCUT2D eigenvalue weighted by Crippen LogP contribution is 2.20. The molecule has 1 amide bonds. The molecule has 1 rings (SSSR count). The van der Waals surface area contributed by atoms with Gasteiger partial charge in [0, 0.05) is 19.2 Å². The second-order valence-electron chi connectivity index (χ2n) is 3.22. The number of carbonyl (C=O) groups is 1. The molecule has 1 aliphatic rings. The Morgan fingerprint density at radius 2 is 2.50 bits per heavy atom. The van der Waals surface area contributed by atoms with Crippen molar-refractivity contribution in [3.8, 4) is 0 Å². The molecular weight excluding hydrogens is 150 g/mol. The Kier molecular flexibility index (Phi) is 2.69. The summed E-state index contributed by atoms with van der Waals surface area (Å²) < 4.78 is 0. The van der Waals surface area contributed by atoms with Gasteiger partial charge in [0.1, 0.15) is 0 Å². The molecule has 66 valence electrons. The highest BCUT2D eigenvalue weighted by Gasteiger charge is 2.18. The normalized spacial score (nSPS) is 23.3. The van der Waals surface area contributed by atoms with Crippen LogP contribution in [-0.4, -0.2) is 16.8 Å². The van der Waals surface area contributed by atoms with Crippen molar-refractivity contribution >= 4 is 5.91 Å². The van der Waals surface area contributed by atoms with E-state index in [0.29, 0.717) is 6.04 Å². The molecule has 0 N–H and O–H groups in total. The van der Waals surface area contributed by atoms with Crippen LogP contribution >= 0.6 is 0 Å². The zero-order valence-corrected chi connectivity index (χ0v) is 7.71. The Morgan fingerprint density at radius 1 is 1.83 bits per heavy atom. The Morgan fingerprint density at radius 3 is 3.00 bits per heavy atom.